The average Bonchev–Trinajstić information content (AvgIpc) is 0.866. The number of fused-ring (bicyclic) bond motifs is 2. The van der Waals surface area contributed by atoms with Crippen molar-refractivity contribution in [2.45, 2.75) is 293 Å². The first-order valence-electron chi connectivity index (χ1n) is 30.2. The Balaban J connectivity index is 0.000000245. The monoisotopic (exact) mass is 1210 g/mol. The Kier molecular flexibility index (Phi) is 20.9. The number of carbonyl (C=O) groups is 5. The second-order valence-corrected chi connectivity index (χ2v) is 30.9. The molecule has 8 aliphatic rings. The maximum atomic E-state index is 14.0. The summed E-state index contributed by atoms with van der Waals surface area (Å²) in [6, 6.07) is 0. The first-order valence-corrected chi connectivity index (χ1v) is 30.2. The van der Waals surface area contributed by atoms with Crippen molar-refractivity contribution in [1.29, 1.82) is 0 Å². The Morgan fingerprint density at radius 1 is 0.595 bits per heavy atom. The molecule has 0 spiro atoms. The van der Waals surface area contributed by atoms with Gasteiger partial charge in [0.2, 0.25) is 5.60 Å². The van der Waals surface area contributed by atoms with Crippen molar-refractivity contribution in [3.05, 3.63) is 0 Å². The van der Waals surface area contributed by atoms with Crippen molar-refractivity contribution in [2.24, 2.45) is 62.1 Å². The van der Waals surface area contributed by atoms with Crippen LogP contribution in [0.15, 0.2) is 0 Å². The Bertz CT molecular complexity index is 2340. The summed E-state index contributed by atoms with van der Waals surface area (Å²) < 4.78 is 96.4. The molecule has 5 N–H and O–H groups in total. The van der Waals surface area contributed by atoms with E-state index in [1.807, 2.05) is 118 Å². The van der Waals surface area contributed by atoms with Crippen molar-refractivity contribution in [2.75, 3.05) is 13.2 Å². The number of carbonyl (C=O) groups excluding carboxylic acids is 5. The molecule has 8 fully saturated rings. The minimum atomic E-state index is -5.74. The van der Waals surface area contributed by atoms with E-state index < -0.39 is 85.7 Å². The topological polar surface area (TPSA) is 242 Å². The molecule has 8 rings (SSSR count). The average molecular weight is 1210 g/mol. The molecule has 0 aromatic rings. The summed E-state index contributed by atoms with van der Waals surface area (Å²) in [6.07, 6.45) is 3.11. The molecule has 0 aromatic heterocycles. The molecular formula is C63H105F5O16. The van der Waals surface area contributed by atoms with Crippen molar-refractivity contribution >= 4 is 29.8 Å². The lowest BCUT2D eigenvalue weighted by atomic mass is 9.37. The Hall–Kier alpha value is -3.24. The quantitative estimate of drug-likeness (QED) is 0.0548. The number of alkyl halides is 5. The third kappa shape index (κ3) is 14.6. The van der Waals surface area contributed by atoms with Crippen LogP contribution in [-0.2, 0) is 52.4 Å². The van der Waals surface area contributed by atoms with E-state index >= 15 is 0 Å². The molecule has 6 saturated carbocycles. The summed E-state index contributed by atoms with van der Waals surface area (Å²) in [5.74, 6) is -10.7. The molecular weight excluding hydrogens is 1110 g/mol. The largest absolute Gasteiger partial charge is 0.462 e. The third-order valence-corrected chi connectivity index (χ3v) is 20.9. The van der Waals surface area contributed by atoms with Crippen LogP contribution in [0, 0.1) is 62.1 Å². The van der Waals surface area contributed by atoms with Crippen LogP contribution in [0.2, 0.25) is 0 Å². The van der Waals surface area contributed by atoms with Gasteiger partial charge in [0, 0.05) is 16.7 Å². The van der Waals surface area contributed by atoms with Crippen LogP contribution in [0.3, 0.4) is 0 Å². The van der Waals surface area contributed by atoms with Gasteiger partial charge in [-0.3, -0.25) is 24.0 Å². The molecule has 5 unspecified atom stereocenters. The summed E-state index contributed by atoms with van der Waals surface area (Å²) >= 11 is 0. The highest BCUT2D eigenvalue weighted by atomic mass is 19.4. The predicted molar refractivity (Wildman–Crippen MR) is 301 cm³/mol. The molecule has 2 heterocycles. The van der Waals surface area contributed by atoms with Crippen LogP contribution >= 0.6 is 0 Å². The highest BCUT2D eigenvalue weighted by molar-refractivity contribution is 5.78. The van der Waals surface area contributed by atoms with Gasteiger partial charge in [0.05, 0.1) is 57.1 Å². The second-order valence-electron chi connectivity index (χ2n) is 30.9. The van der Waals surface area contributed by atoms with Gasteiger partial charge in [0.25, 0.3) is 0 Å². The van der Waals surface area contributed by atoms with Crippen LogP contribution < -0.4 is 0 Å². The first kappa shape index (κ1) is 73.2. The van der Waals surface area contributed by atoms with Gasteiger partial charge < -0.3 is 54.0 Å². The van der Waals surface area contributed by atoms with E-state index in [0.29, 0.717) is 38.0 Å². The van der Waals surface area contributed by atoms with Crippen molar-refractivity contribution < 1.29 is 99.9 Å². The summed E-state index contributed by atoms with van der Waals surface area (Å²) in [7, 11) is 0. The molecule has 2 aliphatic heterocycles. The van der Waals surface area contributed by atoms with E-state index in [0.717, 1.165) is 51.4 Å². The van der Waals surface area contributed by atoms with E-state index in [9.17, 15) is 71.5 Å². The van der Waals surface area contributed by atoms with Gasteiger partial charge in [0.15, 0.2) is 0 Å². The van der Waals surface area contributed by atoms with E-state index in [4.69, 9.17) is 18.9 Å². The van der Waals surface area contributed by atoms with E-state index in [1.165, 1.54) is 13.8 Å². The predicted octanol–water partition coefficient (Wildman–Crippen LogP) is 11.3. The summed E-state index contributed by atoms with van der Waals surface area (Å²) in [6.45, 7) is 36.1. The molecule has 21 heteroatoms. The zero-order chi connectivity index (χ0) is 65.3. The van der Waals surface area contributed by atoms with E-state index in [-0.39, 0.29) is 84.1 Å². The fourth-order valence-corrected chi connectivity index (χ4v) is 13.8. The number of esters is 5. The summed E-state index contributed by atoms with van der Waals surface area (Å²) in [4.78, 5) is 59.5. The molecule has 0 aromatic carbocycles. The first-order chi connectivity index (χ1) is 37.5. The second kappa shape index (κ2) is 23.9. The van der Waals surface area contributed by atoms with Crippen molar-refractivity contribution in [1.82, 2.24) is 0 Å². The number of rotatable bonds is 16. The number of cyclic esters (lactones) is 1. The molecule has 0 radical (unpaired) electrons. The van der Waals surface area contributed by atoms with Crippen LogP contribution in [0.4, 0.5) is 22.0 Å². The molecule has 16 nitrogen and oxygen atoms in total. The minimum absolute atomic E-state index is 0.0432. The highest BCUT2D eigenvalue weighted by Gasteiger charge is 2.83. The summed E-state index contributed by atoms with van der Waals surface area (Å²) in [5, 5.41) is 52.6. The van der Waals surface area contributed by atoms with Gasteiger partial charge in [-0.15, -0.1) is 0 Å². The Morgan fingerprint density at radius 3 is 1.38 bits per heavy atom. The maximum Gasteiger partial charge on any atom is 0.449 e. The number of aliphatic hydroxyl groups is 5. The molecule has 10 atom stereocenters. The Labute approximate surface area is 496 Å². The zero-order valence-electron chi connectivity index (χ0n) is 54.3. The van der Waals surface area contributed by atoms with E-state index in [2.05, 4.69) is 9.47 Å². The van der Waals surface area contributed by atoms with Crippen LogP contribution in [0.25, 0.3) is 0 Å². The fourth-order valence-electron chi connectivity index (χ4n) is 13.8. The molecule has 488 valence electrons. The van der Waals surface area contributed by atoms with Gasteiger partial charge in [-0.25, -0.2) is 0 Å². The lowest BCUT2D eigenvalue weighted by Crippen LogP contribution is -2.70. The van der Waals surface area contributed by atoms with Gasteiger partial charge in [-0.1, -0.05) is 27.7 Å². The number of hydrogen-bond acceptors (Lipinski definition) is 16. The minimum Gasteiger partial charge on any atom is -0.462 e. The molecule has 84 heavy (non-hydrogen) atoms. The smallest absolute Gasteiger partial charge is 0.449 e. The molecule has 6 bridgehead atoms. The lowest BCUT2D eigenvalue weighted by Gasteiger charge is -2.70. The summed E-state index contributed by atoms with van der Waals surface area (Å²) in [5.41, 5.74) is -10.1. The normalized spacial score (nSPS) is 33.8. The lowest BCUT2D eigenvalue weighted by molar-refractivity contribution is -0.409. The Morgan fingerprint density at radius 2 is 1.01 bits per heavy atom. The van der Waals surface area contributed by atoms with E-state index in [1.54, 1.807) is 6.92 Å². The maximum absolute atomic E-state index is 14.0. The van der Waals surface area contributed by atoms with Gasteiger partial charge >= 0.3 is 47.7 Å². The van der Waals surface area contributed by atoms with Crippen LogP contribution in [0.1, 0.15) is 229 Å². The van der Waals surface area contributed by atoms with Gasteiger partial charge in [-0.05, 0) is 218 Å². The van der Waals surface area contributed by atoms with Crippen molar-refractivity contribution in [3.63, 3.8) is 0 Å². The van der Waals surface area contributed by atoms with Crippen LogP contribution in [0.5, 0.6) is 0 Å². The SMILES string of the molecule is CCC(C)(C)C(=O)OC1(C)COC(O)(C(F)(F)F)C1(F)F.CCC(C)(C)C(=O)OC12CC3CC(C(C)(C)O)(C1)CC(C(C)(C)O)(C3)C2.CCC(C)(C)C(=O)OC1COC(=O)C1.CCC(C)(C)C(=O)O[C@H]1C[C@H]2C[C@@H]1[C@H](C(C)(C)O)[C@@H]2C(C)(C)O. The van der Waals surface area contributed by atoms with Crippen molar-refractivity contribution in [3.8, 4) is 0 Å². The molecule has 0 amide bonds. The number of halogens is 5. The highest BCUT2D eigenvalue weighted by Crippen LogP contribution is 2.73. The molecule has 2 saturated heterocycles. The zero-order valence-corrected chi connectivity index (χ0v) is 54.3. The van der Waals surface area contributed by atoms with Gasteiger partial charge in [0.1, 0.15) is 24.4 Å². The third-order valence-electron chi connectivity index (χ3n) is 20.9. The van der Waals surface area contributed by atoms with Gasteiger partial charge in [-0.2, -0.15) is 22.0 Å². The standard InChI is InChI=1S/C22H38O4.C19H34O4.C12H17F5O4.C10H16O4/c1-8-17(2,3)16(23)26-22-11-15-9-20(13-22,18(4,5)24)12-21(10-15,14-22)19(6,7)25;1-8-17(2,3)16(20)23-13-10-11-9-12(13)15(19(6,7)22)14(11)18(4,5)21;1-5-8(2,3)7(18)21-9(4)6-20-11(19,10(9,13)14)12(15,16)17;1-4-10(2,3)9(12)14-7-5-8(11)13-6-7/h15,24-25H,8-14H2,1-7H3;11-15,21-22H,8-10H2,1-7H3;19H,5-6H2,1-4H3;7H,4-6H2,1-3H3/t;11-,12+,13+,14-,15+;;/m.1../s1. The molecule has 6 aliphatic carbocycles. The fraction of sp³-hybridized carbons (Fsp3) is 0.921. The number of hydrogen-bond donors (Lipinski definition) is 5. The number of ether oxygens (including phenoxy) is 6. The van der Waals surface area contributed by atoms with Crippen LogP contribution in [-0.4, -0.2) is 132 Å².